The Kier molecular flexibility index (Phi) is 5.10. The molecule has 3 aromatic rings. The highest BCUT2D eigenvalue weighted by Gasteiger charge is 2.30. The zero-order valence-corrected chi connectivity index (χ0v) is 17.5. The molecule has 0 bridgehead atoms. The van der Waals surface area contributed by atoms with Crippen molar-refractivity contribution in [3.8, 4) is 0 Å². The fourth-order valence-electron chi connectivity index (χ4n) is 3.14. The summed E-state index contributed by atoms with van der Waals surface area (Å²) in [5, 5.41) is 7.88. The number of thiazole rings is 1. The highest BCUT2D eigenvalue weighted by Crippen LogP contribution is 2.33. The summed E-state index contributed by atoms with van der Waals surface area (Å²) in [7, 11) is 0. The number of rotatable bonds is 3. The second-order valence-corrected chi connectivity index (χ2v) is 8.83. The molecule has 29 heavy (non-hydrogen) atoms. The van der Waals surface area contributed by atoms with Crippen LogP contribution in [0.25, 0.3) is 10.3 Å². The minimum Gasteiger partial charge on any atom is -0.378 e. The fourth-order valence-corrected chi connectivity index (χ4v) is 4.06. The van der Waals surface area contributed by atoms with Crippen molar-refractivity contribution in [2.24, 2.45) is 0 Å². The van der Waals surface area contributed by atoms with Gasteiger partial charge in [0.15, 0.2) is 16.5 Å². The summed E-state index contributed by atoms with van der Waals surface area (Å²) >= 11 is 1.27. The maximum atomic E-state index is 13.1. The van der Waals surface area contributed by atoms with Crippen LogP contribution in [0.2, 0.25) is 0 Å². The Morgan fingerprint density at radius 2 is 1.83 bits per heavy atom. The van der Waals surface area contributed by atoms with Crippen molar-refractivity contribution in [2.45, 2.75) is 26.3 Å². The Hall–Kier alpha value is -2.78. The van der Waals surface area contributed by atoms with E-state index in [9.17, 15) is 9.59 Å². The molecule has 152 valence electrons. The van der Waals surface area contributed by atoms with Gasteiger partial charge >= 0.3 is 0 Å². The monoisotopic (exact) mass is 413 g/mol. The third-order valence-electron chi connectivity index (χ3n) is 4.62. The maximum Gasteiger partial charge on any atom is 0.276 e. The summed E-state index contributed by atoms with van der Waals surface area (Å²) in [6.45, 7) is 8.14. The predicted octanol–water partition coefficient (Wildman–Crippen LogP) is 2.97. The zero-order chi connectivity index (χ0) is 20.6. The number of ether oxygens (including phenoxy) is 1. The van der Waals surface area contributed by atoms with Crippen LogP contribution in [0, 0.1) is 0 Å². The number of amides is 2. The van der Waals surface area contributed by atoms with Gasteiger partial charge in [0.1, 0.15) is 4.70 Å². The van der Waals surface area contributed by atoms with Crippen LogP contribution in [0.4, 0.5) is 5.13 Å². The van der Waals surface area contributed by atoms with E-state index in [0.29, 0.717) is 53.0 Å². The van der Waals surface area contributed by atoms with Crippen LogP contribution in [-0.2, 0) is 10.3 Å². The Balaban J connectivity index is 1.71. The van der Waals surface area contributed by atoms with Gasteiger partial charge in [0, 0.05) is 18.7 Å². The van der Waals surface area contributed by atoms with Crippen LogP contribution in [0.15, 0.2) is 30.3 Å². The molecule has 0 unspecified atom stereocenters. The Morgan fingerprint density at radius 3 is 2.48 bits per heavy atom. The SMILES string of the molecule is CC(C)(C)n1nc(C(=O)N2CCOCC2)c2sc(NC(=O)c3ccccc3)nc21. The summed E-state index contributed by atoms with van der Waals surface area (Å²) in [6, 6.07) is 8.96. The van der Waals surface area contributed by atoms with E-state index >= 15 is 0 Å². The topological polar surface area (TPSA) is 89.4 Å². The molecule has 0 saturated carbocycles. The number of hydrogen-bond acceptors (Lipinski definition) is 6. The highest BCUT2D eigenvalue weighted by atomic mass is 32.1. The normalized spacial score (nSPS) is 14.9. The van der Waals surface area contributed by atoms with Crippen molar-refractivity contribution in [1.82, 2.24) is 19.7 Å². The fraction of sp³-hybridized carbons (Fsp3) is 0.400. The van der Waals surface area contributed by atoms with E-state index in [2.05, 4.69) is 15.4 Å². The van der Waals surface area contributed by atoms with Crippen molar-refractivity contribution >= 4 is 38.6 Å². The maximum absolute atomic E-state index is 13.1. The van der Waals surface area contributed by atoms with Gasteiger partial charge in [-0.25, -0.2) is 4.68 Å². The lowest BCUT2D eigenvalue weighted by Crippen LogP contribution is -2.41. The van der Waals surface area contributed by atoms with Gasteiger partial charge in [0.25, 0.3) is 11.8 Å². The number of carbonyl (C=O) groups is 2. The molecule has 2 aromatic heterocycles. The van der Waals surface area contributed by atoms with Gasteiger partial charge in [0.05, 0.1) is 18.8 Å². The molecule has 1 aliphatic rings. The molecule has 0 atom stereocenters. The Labute approximate surface area is 172 Å². The van der Waals surface area contributed by atoms with Gasteiger partial charge in [-0.15, -0.1) is 0 Å². The molecule has 1 fully saturated rings. The number of nitrogens with one attached hydrogen (secondary N) is 1. The predicted molar refractivity (Wildman–Crippen MR) is 112 cm³/mol. The average molecular weight is 414 g/mol. The van der Waals surface area contributed by atoms with Gasteiger partial charge in [-0.05, 0) is 32.9 Å². The molecule has 3 heterocycles. The van der Waals surface area contributed by atoms with E-state index in [4.69, 9.17) is 4.74 Å². The lowest BCUT2D eigenvalue weighted by Gasteiger charge is -2.26. The van der Waals surface area contributed by atoms with Crippen molar-refractivity contribution < 1.29 is 14.3 Å². The minimum absolute atomic E-state index is 0.133. The first-order valence-corrected chi connectivity index (χ1v) is 10.3. The van der Waals surface area contributed by atoms with Crippen LogP contribution in [-0.4, -0.2) is 57.8 Å². The average Bonchev–Trinajstić information content (AvgIpc) is 3.27. The number of benzene rings is 1. The first kappa shape index (κ1) is 19.5. The minimum atomic E-state index is -0.365. The number of anilines is 1. The summed E-state index contributed by atoms with van der Waals surface area (Å²) in [5.41, 5.74) is 1.15. The molecular weight excluding hydrogens is 390 g/mol. The van der Waals surface area contributed by atoms with E-state index in [-0.39, 0.29) is 17.4 Å². The number of carbonyl (C=O) groups excluding carboxylic acids is 2. The van der Waals surface area contributed by atoms with Crippen LogP contribution in [0.1, 0.15) is 41.6 Å². The molecule has 0 spiro atoms. The van der Waals surface area contributed by atoms with Gasteiger partial charge in [-0.2, -0.15) is 10.1 Å². The first-order valence-electron chi connectivity index (χ1n) is 9.48. The van der Waals surface area contributed by atoms with Crippen LogP contribution in [0.5, 0.6) is 0 Å². The summed E-state index contributed by atoms with van der Waals surface area (Å²) < 4.78 is 7.78. The van der Waals surface area contributed by atoms with Crippen LogP contribution >= 0.6 is 11.3 Å². The third kappa shape index (κ3) is 3.88. The number of fused-ring (bicyclic) bond motifs is 1. The quantitative estimate of drug-likeness (QED) is 0.713. The van der Waals surface area contributed by atoms with E-state index in [1.54, 1.807) is 21.7 Å². The second kappa shape index (κ2) is 7.57. The number of hydrogen-bond donors (Lipinski definition) is 1. The van der Waals surface area contributed by atoms with E-state index in [1.807, 2.05) is 39.0 Å². The number of morpholine rings is 1. The van der Waals surface area contributed by atoms with E-state index in [1.165, 1.54) is 11.3 Å². The molecule has 9 heteroatoms. The van der Waals surface area contributed by atoms with Gasteiger partial charge < -0.3 is 9.64 Å². The van der Waals surface area contributed by atoms with Crippen molar-refractivity contribution in [2.75, 3.05) is 31.6 Å². The molecule has 1 saturated heterocycles. The molecule has 8 nitrogen and oxygen atoms in total. The van der Waals surface area contributed by atoms with Gasteiger partial charge in [-0.3, -0.25) is 14.9 Å². The molecular formula is C20H23N5O3S. The van der Waals surface area contributed by atoms with Crippen molar-refractivity contribution in [3.63, 3.8) is 0 Å². The lowest BCUT2D eigenvalue weighted by atomic mass is 10.1. The van der Waals surface area contributed by atoms with E-state index in [0.717, 1.165) is 0 Å². The molecule has 1 aliphatic heterocycles. The third-order valence-corrected chi connectivity index (χ3v) is 5.58. The van der Waals surface area contributed by atoms with Crippen molar-refractivity contribution in [1.29, 1.82) is 0 Å². The van der Waals surface area contributed by atoms with E-state index < -0.39 is 0 Å². The highest BCUT2D eigenvalue weighted by molar-refractivity contribution is 7.22. The number of nitrogens with zero attached hydrogens (tertiary/aromatic N) is 4. The molecule has 0 aliphatic carbocycles. The Morgan fingerprint density at radius 1 is 1.14 bits per heavy atom. The van der Waals surface area contributed by atoms with Crippen molar-refractivity contribution in [3.05, 3.63) is 41.6 Å². The first-order chi connectivity index (χ1) is 13.8. The number of aromatic nitrogens is 3. The largest absolute Gasteiger partial charge is 0.378 e. The smallest absolute Gasteiger partial charge is 0.276 e. The zero-order valence-electron chi connectivity index (χ0n) is 16.6. The lowest BCUT2D eigenvalue weighted by molar-refractivity contribution is 0.0299. The molecule has 1 aromatic carbocycles. The molecule has 1 N–H and O–H groups in total. The summed E-state index contributed by atoms with van der Waals surface area (Å²) in [6.07, 6.45) is 0. The standard InChI is InChI=1S/C20H23N5O3S/c1-20(2,3)25-16-15(14(23-25)18(27)24-9-11-28-12-10-24)29-19(21-16)22-17(26)13-7-5-4-6-8-13/h4-8H,9-12H2,1-3H3,(H,21,22,26). The second-order valence-electron chi connectivity index (χ2n) is 7.83. The van der Waals surface area contributed by atoms with Gasteiger partial charge in [-0.1, -0.05) is 29.5 Å². The van der Waals surface area contributed by atoms with Gasteiger partial charge in [0.2, 0.25) is 0 Å². The summed E-state index contributed by atoms with van der Waals surface area (Å²) in [5.74, 6) is -0.371. The molecule has 4 rings (SSSR count). The summed E-state index contributed by atoms with van der Waals surface area (Å²) in [4.78, 5) is 31.9. The molecule has 2 amide bonds. The van der Waals surface area contributed by atoms with Crippen LogP contribution < -0.4 is 5.32 Å². The molecule has 0 radical (unpaired) electrons. The Bertz CT molecular complexity index is 1050. The van der Waals surface area contributed by atoms with Crippen LogP contribution in [0.3, 0.4) is 0 Å².